The van der Waals surface area contributed by atoms with Crippen LogP contribution in [0.4, 0.5) is 8.78 Å². The van der Waals surface area contributed by atoms with Gasteiger partial charge in [-0.1, -0.05) is 0 Å². The fraction of sp³-hybridized carbons (Fsp3) is 0.524. The Hall–Kier alpha value is -3.04. The highest BCUT2D eigenvalue weighted by Gasteiger charge is 2.30. The van der Waals surface area contributed by atoms with Gasteiger partial charge in [-0.25, -0.2) is 8.78 Å². The molecule has 0 bridgehead atoms. The molecule has 1 aromatic rings. The number of nitrogens with zero attached hydrogens (tertiary/aromatic N) is 2. The van der Waals surface area contributed by atoms with Crippen LogP contribution in [0.2, 0.25) is 0 Å². The zero-order chi connectivity index (χ0) is 23.0. The minimum Gasteiger partial charge on any atom is -0.466 e. The topological polar surface area (TPSA) is 96.0 Å². The molecule has 8 nitrogen and oxygen atoms in total. The number of carbonyl (C=O) groups is 4. The van der Waals surface area contributed by atoms with E-state index in [1.807, 2.05) is 0 Å². The second-order valence-corrected chi connectivity index (χ2v) is 7.31. The lowest BCUT2D eigenvalue weighted by atomic mass is 9.98. The molecule has 0 aliphatic carbocycles. The van der Waals surface area contributed by atoms with Crippen molar-refractivity contribution in [3.8, 4) is 0 Å². The molecule has 170 valence electrons. The lowest BCUT2D eigenvalue weighted by Crippen LogP contribution is -2.47. The molecule has 1 N–H and O–H groups in total. The van der Waals surface area contributed by atoms with Crippen molar-refractivity contribution in [2.24, 2.45) is 5.92 Å². The largest absolute Gasteiger partial charge is 0.466 e. The van der Waals surface area contributed by atoms with Gasteiger partial charge in [-0.15, -0.1) is 0 Å². The van der Waals surface area contributed by atoms with Crippen molar-refractivity contribution < 1.29 is 32.7 Å². The zero-order valence-electron chi connectivity index (χ0n) is 17.7. The number of halogens is 2. The molecular formula is C21H27F2N3O5. The lowest BCUT2D eigenvalue weighted by Gasteiger charge is -2.32. The Morgan fingerprint density at radius 3 is 2.68 bits per heavy atom. The summed E-state index contributed by atoms with van der Waals surface area (Å²) in [5.41, 5.74) is -0.321. The summed E-state index contributed by atoms with van der Waals surface area (Å²) in [6.07, 6.45) is 1.24. The van der Waals surface area contributed by atoms with Crippen LogP contribution in [-0.4, -0.2) is 73.3 Å². The van der Waals surface area contributed by atoms with Crippen LogP contribution < -0.4 is 5.32 Å². The van der Waals surface area contributed by atoms with Crippen LogP contribution in [0.15, 0.2) is 18.2 Å². The lowest BCUT2D eigenvalue weighted by molar-refractivity contribution is -0.152. The van der Waals surface area contributed by atoms with Gasteiger partial charge in [-0.2, -0.15) is 0 Å². The number of rotatable bonds is 8. The first kappa shape index (κ1) is 24.2. The predicted octanol–water partition coefficient (Wildman–Crippen LogP) is 1.34. The Bertz CT molecular complexity index is 833. The van der Waals surface area contributed by atoms with Gasteiger partial charge in [0.2, 0.25) is 11.8 Å². The Balaban J connectivity index is 1.77. The standard InChI is InChI=1S/C21H27F2N3O5/c1-3-31-21(30)14-5-4-10-26(12-14)19(28)13-25(2)18(27)8-9-24-20(29)16-7-6-15(22)11-17(16)23/h6-7,11,14H,3-5,8-10,12-13H2,1-2H3,(H,24,29). The van der Waals surface area contributed by atoms with Crippen LogP contribution in [-0.2, 0) is 19.1 Å². The van der Waals surface area contributed by atoms with Crippen molar-refractivity contribution in [2.75, 3.05) is 39.8 Å². The maximum atomic E-state index is 13.6. The van der Waals surface area contributed by atoms with Gasteiger partial charge in [-0.05, 0) is 31.9 Å². The van der Waals surface area contributed by atoms with Crippen molar-refractivity contribution in [1.82, 2.24) is 15.1 Å². The molecule has 1 aromatic carbocycles. The van der Waals surface area contributed by atoms with Crippen molar-refractivity contribution in [3.05, 3.63) is 35.4 Å². The van der Waals surface area contributed by atoms with E-state index >= 15 is 0 Å². The van der Waals surface area contributed by atoms with E-state index in [0.717, 1.165) is 12.1 Å². The van der Waals surface area contributed by atoms with E-state index in [2.05, 4.69) is 5.32 Å². The van der Waals surface area contributed by atoms with Crippen LogP contribution in [0.25, 0.3) is 0 Å². The van der Waals surface area contributed by atoms with Gasteiger partial charge in [0, 0.05) is 39.2 Å². The molecule has 0 radical (unpaired) electrons. The number of esters is 1. The molecule has 0 aromatic heterocycles. The van der Waals surface area contributed by atoms with Crippen LogP contribution >= 0.6 is 0 Å². The molecule has 1 aliphatic rings. The average Bonchev–Trinajstić information content (AvgIpc) is 2.73. The number of nitrogens with one attached hydrogen (secondary N) is 1. The molecular weight excluding hydrogens is 412 g/mol. The number of piperidine rings is 1. The summed E-state index contributed by atoms with van der Waals surface area (Å²) >= 11 is 0. The Morgan fingerprint density at radius 1 is 1.26 bits per heavy atom. The first-order valence-electron chi connectivity index (χ1n) is 10.1. The molecule has 1 saturated heterocycles. The summed E-state index contributed by atoms with van der Waals surface area (Å²) in [6, 6.07) is 2.59. The fourth-order valence-corrected chi connectivity index (χ4v) is 3.29. The Morgan fingerprint density at radius 2 is 2.00 bits per heavy atom. The first-order valence-corrected chi connectivity index (χ1v) is 10.1. The number of hydrogen-bond acceptors (Lipinski definition) is 5. The second-order valence-electron chi connectivity index (χ2n) is 7.31. The SMILES string of the molecule is CCOC(=O)C1CCCN(C(=O)CN(C)C(=O)CCNC(=O)c2ccc(F)cc2F)C1. The third-order valence-electron chi connectivity index (χ3n) is 4.99. The zero-order valence-corrected chi connectivity index (χ0v) is 17.7. The van der Waals surface area contributed by atoms with Gasteiger partial charge in [0.1, 0.15) is 11.6 Å². The molecule has 31 heavy (non-hydrogen) atoms. The average molecular weight is 439 g/mol. The van der Waals surface area contributed by atoms with Crippen LogP contribution in [0.1, 0.15) is 36.5 Å². The molecule has 1 unspecified atom stereocenters. The molecule has 1 fully saturated rings. The smallest absolute Gasteiger partial charge is 0.310 e. The molecule has 10 heteroatoms. The van der Waals surface area contributed by atoms with Crippen molar-refractivity contribution in [1.29, 1.82) is 0 Å². The van der Waals surface area contributed by atoms with E-state index in [1.165, 1.54) is 11.9 Å². The van der Waals surface area contributed by atoms with Crippen LogP contribution in [0, 0.1) is 17.6 Å². The Labute approximate surface area is 179 Å². The number of ether oxygens (including phenoxy) is 1. The van der Waals surface area contributed by atoms with E-state index < -0.39 is 17.5 Å². The van der Waals surface area contributed by atoms with E-state index in [-0.39, 0.29) is 61.9 Å². The van der Waals surface area contributed by atoms with Gasteiger partial charge in [0.05, 0.1) is 24.6 Å². The predicted molar refractivity (Wildman–Crippen MR) is 107 cm³/mol. The van der Waals surface area contributed by atoms with Gasteiger partial charge in [-0.3, -0.25) is 19.2 Å². The summed E-state index contributed by atoms with van der Waals surface area (Å²) in [5, 5.41) is 2.40. The van der Waals surface area contributed by atoms with E-state index in [1.54, 1.807) is 11.8 Å². The monoisotopic (exact) mass is 439 g/mol. The van der Waals surface area contributed by atoms with Crippen molar-refractivity contribution in [3.63, 3.8) is 0 Å². The van der Waals surface area contributed by atoms with Gasteiger partial charge in [0.15, 0.2) is 0 Å². The van der Waals surface area contributed by atoms with Crippen molar-refractivity contribution >= 4 is 23.7 Å². The number of likely N-dealkylation sites (N-methyl/N-ethyl adjacent to an activating group) is 1. The molecule has 0 saturated carbocycles. The number of hydrogen-bond donors (Lipinski definition) is 1. The van der Waals surface area contributed by atoms with Crippen LogP contribution in [0.5, 0.6) is 0 Å². The minimum absolute atomic E-state index is 0.0678. The summed E-state index contributed by atoms with van der Waals surface area (Å²) in [6.45, 7) is 2.55. The summed E-state index contributed by atoms with van der Waals surface area (Å²) in [5.74, 6) is -3.89. The number of benzene rings is 1. The third kappa shape index (κ3) is 7.01. The van der Waals surface area contributed by atoms with Gasteiger partial charge >= 0.3 is 5.97 Å². The highest BCUT2D eigenvalue weighted by atomic mass is 19.1. The van der Waals surface area contributed by atoms with E-state index in [9.17, 15) is 28.0 Å². The number of carbonyl (C=O) groups excluding carboxylic acids is 4. The molecule has 3 amide bonds. The molecule has 1 heterocycles. The second kappa shape index (κ2) is 11.4. The summed E-state index contributed by atoms with van der Waals surface area (Å²) < 4.78 is 31.5. The van der Waals surface area contributed by atoms with E-state index in [0.29, 0.717) is 25.5 Å². The highest BCUT2D eigenvalue weighted by Crippen LogP contribution is 2.18. The molecule has 2 rings (SSSR count). The fourth-order valence-electron chi connectivity index (χ4n) is 3.29. The maximum Gasteiger partial charge on any atom is 0.310 e. The van der Waals surface area contributed by atoms with E-state index in [4.69, 9.17) is 4.74 Å². The minimum atomic E-state index is -0.991. The molecule has 1 atom stereocenters. The maximum absolute atomic E-state index is 13.6. The normalized spacial score (nSPS) is 15.9. The van der Waals surface area contributed by atoms with Gasteiger partial charge in [0.25, 0.3) is 5.91 Å². The Kier molecular flexibility index (Phi) is 8.89. The third-order valence-corrected chi connectivity index (χ3v) is 4.99. The quantitative estimate of drug-likeness (QED) is 0.617. The first-order chi connectivity index (χ1) is 14.7. The number of likely N-dealkylation sites (tertiary alicyclic amines) is 1. The molecule has 0 spiro atoms. The highest BCUT2D eigenvalue weighted by molar-refractivity contribution is 5.94. The summed E-state index contributed by atoms with van der Waals surface area (Å²) in [4.78, 5) is 51.4. The van der Waals surface area contributed by atoms with Crippen molar-refractivity contribution in [2.45, 2.75) is 26.2 Å². The molecule has 1 aliphatic heterocycles. The van der Waals surface area contributed by atoms with Gasteiger partial charge < -0.3 is 19.9 Å². The van der Waals surface area contributed by atoms with Crippen LogP contribution in [0.3, 0.4) is 0 Å². The number of amides is 3. The summed E-state index contributed by atoms with van der Waals surface area (Å²) in [7, 11) is 1.47.